The Bertz CT molecular complexity index is 1430. The van der Waals surface area contributed by atoms with Gasteiger partial charge in [-0.15, -0.1) is 0 Å². The smallest absolute Gasteiger partial charge is 0.247 e. The zero-order chi connectivity index (χ0) is 29.8. The molecule has 4 unspecified atom stereocenters. The monoisotopic (exact) mass is 579 g/mol. The van der Waals surface area contributed by atoms with Crippen LogP contribution < -0.4 is 14.8 Å². The van der Waals surface area contributed by atoms with Crippen molar-refractivity contribution < 1.29 is 39.1 Å². The summed E-state index contributed by atoms with van der Waals surface area (Å²) in [5.41, 5.74) is 3.38. The zero-order valence-corrected chi connectivity index (χ0v) is 23.7. The van der Waals surface area contributed by atoms with Crippen molar-refractivity contribution in [3.8, 4) is 11.5 Å². The Morgan fingerprint density at radius 1 is 1.14 bits per heavy atom. The molecule has 0 bridgehead atoms. The van der Waals surface area contributed by atoms with Crippen molar-refractivity contribution in [1.82, 2.24) is 15.2 Å². The molecule has 2 amide bonds. The molecule has 0 saturated carbocycles. The number of H-pyrrole nitrogens is 1. The van der Waals surface area contributed by atoms with Crippen LogP contribution in [-0.2, 0) is 27.4 Å². The predicted molar refractivity (Wildman–Crippen MR) is 154 cm³/mol. The van der Waals surface area contributed by atoms with Crippen molar-refractivity contribution in [3.05, 3.63) is 70.9 Å². The number of methoxy groups -OCH3 is 2. The third kappa shape index (κ3) is 5.73. The number of para-hydroxylation sites is 1. The number of rotatable bonds is 12. The minimum Gasteiger partial charge on any atom is -0.493 e. The van der Waals surface area contributed by atoms with Crippen molar-refractivity contribution in [3.63, 3.8) is 0 Å². The molecule has 11 heteroatoms. The number of aliphatic hydroxyl groups excluding tert-OH is 3. The maximum atomic E-state index is 13.6. The molecular weight excluding hydrogens is 542 g/mol. The Morgan fingerprint density at radius 2 is 1.95 bits per heavy atom. The highest BCUT2D eigenvalue weighted by Gasteiger charge is 2.51. The number of ether oxygens (including phenoxy) is 3. The first-order valence-corrected chi connectivity index (χ1v) is 14.0. The second-order valence-electron chi connectivity index (χ2n) is 10.5. The maximum Gasteiger partial charge on any atom is 0.247 e. The van der Waals surface area contributed by atoms with Gasteiger partial charge in [0.15, 0.2) is 11.5 Å². The number of aliphatic hydroxyl groups is 3. The van der Waals surface area contributed by atoms with E-state index >= 15 is 0 Å². The Morgan fingerprint density at radius 3 is 2.67 bits per heavy atom. The second kappa shape index (κ2) is 13.0. The van der Waals surface area contributed by atoms with Gasteiger partial charge in [-0.2, -0.15) is 0 Å². The van der Waals surface area contributed by atoms with E-state index in [-0.39, 0.29) is 45.2 Å². The normalized spacial score (nSPS) is 20.8. The Hall–Kier alpha value is -3.90. The highest BCUT2D eigenvalue weighted by atomic mass is 16.5. The van der Waals surface area contributed by atoms with Crippen LogP contribution in [0.25, 0.3) is 10.9 Å². The number of benzene rings is 2. The first-order valence-electron chi connectivity index (χ1n) is 14.0. The van der Waals surface area contributed by atoms with E-state index in [0.717, 1.165) is 16.6 Å². The number of carbonyl (C=O) groups excluding carboxylic acids is 2. The van der Waals surface area contributed by atoms with E-state index in [1.165, 1.54) is 14.2 Å². The number of fused-ring (bicyclic) bond motifs is 4. The molecule has 0 saturated heterocycles. The minimum absolute atomic E-state index is 0.0331. The zero-order valence-electron chi connectivity index (χ0n) is 23.7. The number of nitrogens with zero attached hydrogens (tertiary/aromatic N) is 1. The maximum absolute atomic E-state index is 13.6. The molecular formula is C31H37N3O8. The molecule has 3 aromatic rings. The van der Waals surface area contributed by atoms with Gasteiger partial charge in [-0.3, -0.25) is 9.59 Å². The summed E-state index contributed by atoms with van der Waals surface area (Å²) in [6.07, 6.45) is 0.117. The molecule has 0 radical (unpaired) electrons. The van der Waals surface area contributed by atoms with E-state index in [4.69, 9.17) is 14.2 Å². The van der Waals surface area contributed by atoms with Crippen LogP contribution in [0.3, 0.4) is 0 Å². The van der Waals surface area contributed by atoms with E-state index in [1.54, 1.807) is 23.1 Å². The summed E-state index contributed by atoms with van der Waals surface area (Å²) in [4.78, 5) is 32.0. The van der Waals surface area contributed by atoms with Crippen molar-refractivity contribution >= 4 is 22.7 Å². The summed E-state index contributed by atoms with van der Waals surface area (Å²) in [6.45, 7) is -0.00158. The van der Waals surface area contributed by atoms with Gasteiger partial charge in [0, 0.05) is 49.0 Å². The number of carbonyl (C=O) groups is 2. The lowest BCUT2D eigenvalue weighted by Crippen LogP contribution is -2.56. The van der Waals surface area contributed by atoms with Crippen molar-refractivity contribution in [2.24, 2.45) is 0 Å². The molecule has 11 nitrogen and oxygen atoms in total. The van der Waals surface area contributed by atoms with Gasteiger partial charge in [0.05, 0.1) is 45.3 Å². The van der Waals surface area contributed by atoms with Crippen molar-refractivity contribution in [2.45, 2.75) is 43.6 Å². The summed E-state index contributed by atoms with van der Waals surface area (Å²) in [5.74, 6) is -0.620. The summed E-state index contributed by atoms with van der Waals surface area (Å²) >= 11 is 0. The van der Waals surface area contributed by atoms with E-state index in [0.29, 0.717) is 34.6 Å². The second-order valence-corrected chi connectivity index (χ2v) is 10.5. The van der Waals surface area contributed by atoms with Crippen molar-refractivity contribution in [1.29, 1.82) is 0 Å². The highest BCUT2D eigenvalue weighted by Crippen LogP contribution is 2.51. The molecule has 42 heavy (non-hydrogen) atoms. The van der Waals surface area contributed by atoms with Crippen LogP contribution in [0, 0.1) is 0 Å². The fourth-order valence-corrected chi connectivity index (χ4v) is 5.90. The molecule has 1 aromatic heterocycles. The van der Waals surface area contributed by atoms with Gasteiger partial charge >= 0.3 is 0 Å². The van der Waals surface area contributed by atoms with Gasteiger partial charge in [-0.05, 0) is 41.3 Å². The largest absolute Gasteiger partial charge is 0.493 e. The van der Waals surface area contributed by atoms with E-state index in [2.05, 4.69) is 10.3 Å². The molecule has 2 aliphatic rings. The van der Waals surface area contributed by atoms with E-state index in [9.17, 15) is 24.9 Å². The number of amides is 2. The quantitative estimate of drug-likeness (QED) is 0.216. The lowest BCUT2D eigenvalue weighted by molar-refractivity contribution is -0.138. The molecule has 5 rings (SSSR count). The number of nitrogens with one attached hydrogen (secondary N) is 2. The average Bonchev–Trinajstić information content (AvgIpc) is 3.61. The standard InChI is InChI=1S/C31H37N3O8/c1-40-12-8-26(37)34(10-7-20-15-19-5-3-4-6-23(19)33-20)24-16-22(31(39)32-9-11-35)27-21-13-18(17-36)14-25(41-2)29(21)42-30(27)28(24)38/h3-6,13-16,24,27-28,30,33,35-36,38H,7-12,17H2,1-2H3,(H,32,39). The minimum atomic E-state index is -1.19. The summed E-state index contributed by atoms with van der Waals surface area (Å²) in [5, 5.41) is 34.7. The molecule has 0 fully saturated rings. The topological polar surface area (TPSA) is 154 Å². The molecule has 1 aliphatic heterocycles. The van der Waals surface area contributed by atoms with Crippen LogP contribution >= 0.6 is 0 Å². The van der Waals surface area contributed by atoms with Gasteiger partial charge < -0.3 is 44.7 Å². The van der Waals surface area contributed by atoms with Crippen LogP contribution in [0.5, 0.6) is 11.5 Å². The lowest BCUT2D eigenvalue weighted by Gasteiger charge is -2.40. The van der Waals surface area contributed by atoms with Gasteiger partial charge in [0.25, 0.3) is 0 Å². The summed E-state index contributed by atoms with van der Waals surface area (Å²) < 4.78 is 17.0. The third-order valence-corrected chi connectivity index (χ3v) is 7.90. The highest BCUT2D eigenvalue weighted by molar-refractivity contribution is 5.96. The van der Waals surface area contributed by atoms with Gasteiger partial charge in [-0.25, -0.2) is 0 Å². The summed E-state index contributed by atoms with van der Waals surface area (Å²) in [7, 11) is 3.00. The molecule has 5 N–H and O–H groups in total. The van der Waals surface area contributed by atoms with Crippen LogP contribution in [-0.4, -0.2) is 95.8 Å². The average molecular weight is 580 g/mol. The molecule has 1 aliphatic carbocycles. The van der Waals surface area contributed by atoms with Gasteiger partial charge in [-0.1, -0.05) is 18.2 Å². The fourth-order valence-electron chi connectivity index (χ4n) is 5.90. The lowest BCUT2D eigenvalue weighted by atomic mass is 9.77. The SMILES string of the molecule is COCCC(=O)N(CCc1cc2ccccc2[nH]1)C1C=C(C(=O)NCCO)C2c3cc(CO)cc(OC)c3OC2C1O. The molecule has 2 aromatic carbocycles. The molecule has 2 heterocycles. The van der Waals surface area contributed by atoms with Crippen LogP contribution in [0.15, 0.2) is 54.1 Å². The summed E-state index contributed by atoms with van der Waals surface area (Å²) in [6, 6.07) is 12.4. The van der Waals surface area contributed by atoms with Crippen molar-refractivity contribution in [2.75, 3.05) is 40.5 Å². The first kappa shape index (κ1) is 29.6. The van der Waals surface area contributed by atoms with Crippen LogP contribution in [0.2, 0.25) is 0 Å². The Labute approximate surface area is 243 Å². The molecule has 0 spiro atoms. The Balaban J connectivity index is 1.53. The number of hydrogen-bond donors (Lipinski definition) is 5. The van der Waals surface area contributed by atoms with E-state index in [1.807, 2.05) is 30.3 Å². The van der Waals surface area contributed by atoms with Crippen LogP contribution in [0.4, 0.5) is 0 Å². The molecule has 224 valence electrons. The number of aromatic amines is 1. The number of hydrogen-bond acceptors (Lipinski definition) is 8. The first-order chi connectivity index (χ1) is 20.4. The van der Waals surface area contributed by atoms with Gasteiger partial charge in [0.1, 0.15) is 12.2 Å². The number of aromatic nitrogens is 1. The molecule has 4 atom stereocenters. The van der Waals surface area contributed by atoms with Gasteiger partial charge in [0.2, 0.25) is 11.8 Å². The Kier molecular flexibility index (Phi) is 9.12. The van der Waals surface area contributed by atoms with E-state index < -0.39 is 30.1 Å². The predicted octanol–water partition coefficient (Wildman–Crippen LogP) is 1.40. The third-order valence-electron chi connectivity index (χ3n) is 7.90. The van der Waals surface area contributed by atoms with Crippen LogP contribution in [0.1, 0.15) is 29.2 Å². The fraction of sp³-hybridized carbons (Fsp3) is 0.419.